The Labute approximate surface area is 104 Å². The highest BCUT2D eigenvalue weighted by Gasteiger charge is 2.10. The molecule has 0 aliphatic rings. The van der Waals surface area contributed by atoms with Crippen molar-refractivity contribution in [1.29, 1.82) is 0 Å². The first-order chi connectivity index (χ1) is 7.15. The van der Waals surface area contributed by atoms with Crippen molar-refractivity contribution < 1.29 is 4.74 Å². The third-order valence-corrected chi connectivity index (χ3v) is 2.10. The minimum atomic E-state index is -0.0301. The predicted molar refractivity (Wildman–Crippen MR) is 71.2 cm³/mol. The number of para-hydroxylation sites is 1. The number of halogens is 1. The number of nitrogens with two attached hydrogens (primary N) is 1. The first kappa shape index (κ1) is 15.0. The molecule has 0 aromatic heterocycles. The molecule has 1 aromatic carbocycles. The van der Waals surface area contributed by atoms with Crippen molar-refractivity contribution in [1.82, 2.24) is 0 Å². The fraction of sp³-hybridized carbons (Fsp3) is 0.385. The molecule has 1 aromatic rings. The molecule has 0 aliphatic heterocycles. The van der Waals surface area contributed by atoms with Gasteiger partial charge in [0.1, 0.15) is 5.75 Å². The predicted octanol–water partition coefficient (Wildman–Crippen LogP) is 3.47. The van der Waals surface area contributed by atoms with E-state index in [1.54, 1.807) is 0 Å². The Balaban J connectivity index is 0.00000225. The summed E-state index contributed by atoms with van der Waals surface area (Å²) in [4.78, 5) is 0. The lowest BCUT2D eigenvalue weighted by Gasteiger charge is -2.17. The maximum atomic E-state index is 6.03. The standard InChI is InChI=1S/C13H19NO.ClH/c1-4-7-12(14)11-8-5-6-9-13(11)15-10(2)3;/h4-6,8-10,12H,1,7,14H2,2-3H3;1H/t12-;/m0./s1. The molecule has 0 radical (unpaired) electrons. The third-order valence-electron chi connectivity index (χ3n) is 2.10. The molecule has 1 atom stereocenters. The summed E-state index contributed by atoms with van der Waals surface area (Å²) >= 11 is 0. The van der Waals surface area contributed by atoms with E-state index >= 15 is 0 Å². The number of benzene rings is 1. The zero-order valence-electron chi connectivity index (χ0n) is 9.85. The van der Waals surface area contributed by atoms with Crippen LogP contribution in [0.3, 0.4) is 0 Å². The maximum Gasteiger partial charge on any atom is 0.124 e. The Morgan fingerprint density at radius 1 is 1.38 bits per heavy atom. The molecule has 0 bridgehead atoms. The summed E-state index contributed by atoms with van der Waals surface area (Å²) in [6.45, 7) is 7.72. The van der Waals surface area contributed by atoms with Crippen molar-refractivity contribution in [2.45, 2.75) is 32.4 Å². The fourth-order valence-corrected chi connectivity index (χ4v) is 1.45. The average molecular weight is 242 g/mol. The van der Waals surface area contributed by atoms with Crippen molar-refractivity contribution >= 4 is 12.4 Å². The molecular weight excluding hydrogens is 222 g/mol. The van der Waals surface area contributed by atoms with Gasteiger partial charge < -0.3 is 10.5 Å². The SMILES string of the molecule is C=CC[C@H](N)c1ccccc1OC(C)C.Cl. The lowest BCUT2D eigenvalue weighted by atomic mass is 10.0. The van der Waals surface area contributed by atoms with Crippen LogP contribution in [0.25, 0.3) is 0 Å². The molecule has 0 spiro atoms. The Kier molecular flexibility index (Phi) is 6.86. The van der Waals surface area contributed by atoms with Crippen LogP contribution < -0.4 is 10.5 Å². The zero-order valence-corrected chi connectivity index (χ0v) is 10.7. The molecule has 3 heteroatoms. The molecule has 0 heterocycles. The van der Waals surface area contributed by atoms with E-state index in [4.69, 9.17) is 10.5 Å². The van der Waals surface area contributed by atoms with Gasteiger partial charge in [-0.2, -0.15) is 0 Å². The largest absolute Gasteiger partial charge is 0.491 e. The molecule has 90 valence electrons. The number of rotatable bonds is 5. The van der Waals surface area contributed by atoms with Crippen molar-refractivity contribution in [3.8, 4) is 5.75 Å². The Bertz CT molecular complexity index is 325. The molecule has 0 fully saturated rings. The second-order valence-electron chi connectivity index (χ2n) is 3.84. The van der Waals surface area contributed by atoms with Crippen LogP contribution in [0, 0.1) is 0 Å². The summed E-state index contributed by atoms with van der Waals surface area (Å²) in [6.07, 6.45) is 2.76. The molecule has 0 saturated heterocycles. The summed E-state index contributed by atoms with van der Waals surface area (Å²) in [5, 5.41) is 0. The van der Waals surface area contributed by atoms with Gasteiger partial charge in [-0.05, 0) is 26.3 Å². The third kappa shape index (κ3) is 4.25. The van der Waals surface area contributed by atoms with E-state index in [1.165, 1.54) is 0 Å². The minimum absolute atomic E-state index is 0. The smallest absolute Gasteiger partial charge is 0.124 e. The highest BCUT2D eigenvalue weighted by atomic mass is 35.5. The molecule has 2 nitrogen and oxygen atoms in total. The topological polar surface area (TPSA) is 35.2 Å². The molecule has 1 rings (SSSR count). The zero-order chi connectivity index (χ0) is 11.3. The van der Waals surface area contributed by atoms with Gasteiger partial charge in [-0.15, -0.1) is 19.0 Å². The van der Waals surface area contributed by atoms with Crippen LogP contribution in [0.5, 0.6) is 5.75 Å². The number of hydrogen-bond donors (Lipinski definition) is 1. The van der Waals surface area contributed by atoms with Crippen molar-refractivity contribution in [2.24, 2.45) is 5.73 Å². The van der Waals surface area contributed by atoms with Crippen LogP contribution in [-0.4, -0.2) is 6.10 Å². The molecule has 0 unspecified atom stereocenters. The second kappa shape index (κ2) is 7.31. The Morgan fingerprint density at radius 2 is 2.00 bits per heavy atom. The van der Waals surface area contributed by atoms with Gasteiger partial charge in [0, 0.05) is 11.6 Å². The van der Waals surface area contributed by atoms with E-state index in [0.29, 0.717) is 0 Å². The summed E-state index contributed by atoms with van der Waals surface area (Å²) < 4.78 is 5.70. The van der Waals surface area contributed by atoms with Crippen LogP contribution >= 0.6 is 12.4 Å². The fourth-order valence-electron chi connectivity index (χ4n) is 1.45. The lowest BCUT2D eigenvalue weighted by Crippen LogP contribution is -2.13. The first-order valence-corrected chi connectivity index (χ1v) is 5.27. The molecule has 2 N–H and O–H groups in total. The Morgan fingerprint density at radius 3 is 2.56 bits per heavy atom. The van der Waals surface area contributed by atoms with Crippen LogP contribution in [-0.2, 0) is 0 Å². The van der Waals surface area contributed by atoms with Gasteiger partial charge in [0.2, 0.25) is 0 Å². The van der Waals surface area contributed by atoms with E-state index in [2.05, 4.69) is 6.58 Å². The molecule has 0 saturated carbocycles. The molecule has 16 heavy (non-hydrogen) atoms. The van der Waals surface area contributed by atoms with Gasteiger partial charge in [-0.3, -0.25) is 0 Å². The van der Waals surface area contributed by atoms with Gasteiger partial charge >= 0.3 is 0 Å². The van der Waals surface area contributed by atoms with E-state index in [0.717, 1.165) is 17.7 Å². The van der Waals surface area contributed by atoms with Crippen LogP contribution in [0.15, 0.2) is 36.9 Å². The number of ether oxygens (including phenoxy) is 1. The summed E-state index contributed by atoms with van der Waals surface area (Å²) in [5.41, 5.74) is 7.08. The van der Waals surface area contributed by atoms with E-state index in [-0.39, 0.29) is 24.6 Å². The number of hydrogen-bond acceptors (Lipinski definition) is 2. The van der Waals surface area contributed by atoms with E-state index in [9.17, 15) is 0 Å². The average Bonchev–Trinajstić information content (AvgIpc) is 2.18. The Hall–Kier alpha value is -0.990. The van der Waals surface area contributed by atoms with E-state index in [1.807, 2.05) is 44.2 Å². The van der Waals surface area contributed by atoms with E-state index < -0.39 is 0 Å². The highest BCUT2D eigenvalue weighted by Crippen LogP contribution is 2.26. The van der Waals surface area contributed by atoms with Crippen LogP contribution in [0.1, 0.15) is 31.9 Å². The van der Waals surface area contributed by atoms with Crippen LogP contribution in [0.2, 0.25) is 0 Å². The van der Waals surface area contributed by atoms with Gasteiger partial charge in [0.05, 0.1) is 6.10 Å². The molecule has 0 aliphatic carbocycles. The molecule has 0 amide bonds. The van der Waals surface area contributed by atoms with Crippen molar-refractivity contribution in [2.75, 3.05) is 0 Å². The van der Waals surface area contributed by atoms with Crippen LogP contribution in [0.4, 0.5) is 0 Å². The minimum Gasteiger partial charge on any atom is -0.491 e. The van der Waals surface area contributed by atoms with Gasteiger partial charge in [0.15, 0.2) is 0 Å². The monoisotopic (exact) mass is 241 g/mol. The van der Waals surface area contributed by atoms with Crippen molar-refractivity contribution in [3.63, 3.8) is 0 Å². The maximum absolute atomic E-state index is 6.03. The van der Waals surface area contributed by atoms with Crippen molar-refractivity contribution in [3.05, 3.63) is 42.5 Å². The summed E-state index contributed by atoms with van der Waals surface area (Å²) in [5.74, 6) is 0.877. The van der Waals surface area contributed by atoms with Gasteiger partial charge in [-0.25, -0.2) is 0 Å². The summed E-state index contributed by atoms with van der Waals surface area (Å²) in [7, 11) is 0. The molecular formula is C13H20ClNO. The summed E-state index contributed by atoms with van der Waals surface area (Å²) in [6, 6.07) is 7.87. The van der Waals surface area contributed by atoms with Gasteiger partial charge in [0.25, 0.3) is 0 Å². The highest BCUT2D eigenvalue weighted by molar-refractivity contribution is 5.85. The second-order valence-corrected chi connectivity index (χ2v) is 3.84. The van der Waals surface area contributed by atoms with Gasteiger partial charge in [-0.1, -0.05) is 24.3 Å². The lowest BCUT2D eigenvalue weighted by molar-refractivity contribution is 0.238. The quantitative estimate of drug-likeness (QED) is 0.802. The normalized spacial score (nSPS) is 11.8. The first-order valence-electron chi connectivity index (χ1n) is 5.27.